The average molecular weight is 396 g/mol. The van der Waals surface area contributed by atoms with Crippen molar-refractivity contribution in [1.82, 2.24) is 14.9 Å². The van der Waals surface area contributed by atoms with Gasteiger partial charge >= 0.3 is 0 Å². The predicted molar refractivity (Wildman–Crippen MR) is 118 cm³/mol. The van der Waals surface area contributed by atoms with Crippen LogP contribution in [0.1, 0.15) is 29.5 Å². The van der Waals surface area contributed by atoms with E-state index in [2.05, 4.69) is 34.0 Å². The molecule has 2 aromatic heterocycles. The molecule has 3 aliphatic rings. The summed E-state index contributed by atoms with van der Waals surface area (Å²) in [7, 11) is 0. The van der Waals surface area contributed by atoms with Gasteiger partial charge in [-0.05, 0) is 67.6 Å². The molecule has 0 radical (unpaired) electrons. The van der Waals surface area contributed by atoms with Crippen LogP contribution in [0.15, 0.2) is 67.0 Å². The molecule has 30 heavy (non-hydrogen) atoms. The summed E-state index contributed by atoms with van der Waals surface area (Å²) in [5.41, 5.74) is 3.68. The quantitative estimate of drug-likeness (QED) is 0.685. The third kappa shape index (κ3) is 3.11. The van der Waals surface area contributed by atoms with Crippen LogP contribution in [0, 0.1) is 18.3 Å². The number of fused-ring (bicyclic) bond motifs is 3. The van der Waals surface area contributed by atoms with Gasteiger partial charge in [-0.1, -0.05) is 42.3 Å². The van der Waals surface area contributed by atoms with E-state index in [0.29, 0.717) is 6.42 Å². The molecule has 5 heterocycles. The number of aromatic nitrogens is 2. The summed E-state index contributed by atoms with van der Waals surface area (Å²) in [6.07, 6.45) is 12.2. The van der Waals surface area contributed by atoms with Gasteiger partial charge in [0.1, 0.15) is 11.6 Å². The standard InChI is InChI=1S/C26H25N3O/c1-2-25-26(30,21-11-14-29(25)15-12-21)22-18-28-24(23-10-6-7-13-27-23)17-20(22)16-19-8-4-3-5-9-19/h1,3-10,13,17-18,21,25,30H,11-12,14-16H2. The van der Waals surface area contributed by atoms with Gasteiger partial charge in [0, 0.05) is 18.0 Å². The Labute approximate surface area is 177 Å². The van der Waals surface area contributed by atoms with Gasteiger partial charge in [-0.2, -0.15) is 0 Å². The van der Waals surface area contributed by atoms with E-state index in [9.17, 15) is 5.11 Å². The molecule has 2 bridgehead atoms. The lowest BCUT2D eigenvalue weighted by molar-refractivity contribution is -0.143. The summed E-state index contributed by atoms with van der Waals surface area (Å²) >= 11 is 0. The minimum atomic E-state index is -1.08. The van der Waals surface area contributed by atoms with Gasteiger partial charge in [0.15, 0.2) is 0 Å². The second-order valence-electron chi connectivity index (χ2n) is 8.31. The number of terminal acetylenes is 1. The number of benzene rings is 1. The van der Waals surface area contributed by atoms with Crippen LogP contribution in [0.4, 0.5) is 0 Å². The number of pyridine rings is 2. The van der Waals surface area contributed by atoms with E-state index in [-0.39, 0.29) is 12.0 Å². The van der Waals surface area contributed by atoms with Crippen molar-refractivity contribution in [3.63, 3.8) is 0 Å². The van der Waals surface area contributed by atoms with Crippen LogP contribution in [0.2, 0.25) is 0 Å². The SMILES string of the molecule is C#CC1N2CCC(CC2)C1(O)c1cnc(-c2ccccn2)cc1Cc1ccccc1. The van der Waals surface area contributed by atoms with E-state index in [0.717, 1.165) is 48.4 Å². The lowest BCUT2D eigenvalue weighted by Crippen LogP contribution is -2.63. The first-order valence-electron chi connectivity index (χ1n) is 10.6. The summed E-state index contributed by atoms with van der Waals surface area (Å²) < 4.78 is 0. The van der Waals surface area contributed by atoms with Crippen molar-refractivity contribution in [1.29, 1.82) is 0 Å². The fourth-order valence-corrected chi connectivity index (χ4v) is 5.17. The third-order valence-corrected chi connectivity index (χ3v) is 6.68. The highest BCUT2D eigenvalue weighted by Crippen LogP contribution is 2.48. The van der Waals surface area contributed by atoms with E-state index < -0.39 is 5.60 Å². The molecule has 150 valence electrons. The Morgan fingerprint density at radius 2 is 1.80 bits per heavy atom. The molecule has 0 aliphatic carbocycles. The molecule has 6 rings (SSSR count). The molecule has 3 fully saturated rings. The van der Waals surface area contributed by atoms with Crippen molar-refractivity contribution >= 4 is 0 Å². The Bertz CT molecular complexity index is 1070. The molecule has 0 spiro atoms. The number of hydrogen-bond acceptors (Lipinski definition) is 4. The Morgan fingerprint density at radius 1 is 1.03 bits per heavy atom. The van der Waals surface area contributed by atoms with Crippen LogP contribution in [0.3, 0.4) is 0 Å². The normalized spacial score (nSPS) is 27.5. The number of hydrogen-bond donors (Lipinski definition) is 1. The molecule has 2 atom stereocenters. The Morgan fingerprint density at radius 3 is 2.50 bits per heavy atom. The number of rotatable bonds is 4. The molecule has 3 saturated heterocycles. The van der Waals surface area contributed by atoms with Crippen LogP contribution in [-0.4, -0.2) is 39.1 Å². The first-order chi connectivity index (χ1) is 14.7. The van der Waals surface area contributed by atoms with Crippen LogP contribution in [-0.2, 0) is 12.0 Å². The minimum absolute atomic E-state index is 0.153. The monoisotopic (exact) mass is 395 g/mol. The minimum Gasteiger partial charge on any atom is -0.382 e. The summed E-state index contributed by atoms with van der Waals surface area (Å²) in [5, 5.41) is 12.1. The fourth-order valence-electron chi connectivity index (χ4n) is 5.17. The first kappa shape index (κ1) is 19.0. The molecule has 2 unspecified atom stereocenters. The molecule has 4 heteroatoms. The summed E-state index contributed by atoms with van der Waals surface area (Å²) in [6.45, 7) is 1.91. The van der Waals surface area contributed by atoms with Gasteiger partial charge in [0.05, 0.1) is 11.4 Å². The zero-order valence-electron chi connectivity index (χ0n) is 16.9. The Balaban J connectivity index is 1.65. The maximum Gasteiger partial charge on any atom is 0.121 e. The lowest BCUT2D eigenvalue weighted by atomic mass is 9.66. The van der Waals surface area contributed by atoms with Gasteiger partial charge in [-0.15, -0.1) is 6.42 Å². The maximum atomic E-state index is 12.1. The second-order valence-corrected chi connectivity index (χ2v) is 8.31. The van der Waals surface area contributed by atoms with Gasteiger partial charge in [-0.3, -0.25) is 14.9 Å². The highest BCUT2D eigenvalue weighted by Gasteiger charge is 2.54. The maximum absolute atomic E-state index is 12.1. The molecular weight excluding hydrogens is 370 g/mol. The highest BCUT2D eigenvalue weighted by atomic mass is 16.3. The van der Waals surface area contributed by atoms with Gasteiger partial charge < -0.3 is 5.11 Å². The molecule has 3 aromatic rings. The molecular formula is C26H25N3O. The number of piperidine rings is 3. The molecule has 0 saturated carbocycles. The van der Waals surface area contributed by atoms with Crippen molar-refractivity contribution in [3.05, 3.63) is 83.7 Å². The van der Waals surface area contributed by atoms with Crippen LogP contribution in [0.25, 0.3) is 11.4 Å². The van der Waals surface area contributed by atoms with Gasteiger partial charge in [-0.25, -0.2) is 0 Å². The van der Waals surface area contributed by atoms with Crippen molar-refractivity contribution < 1.29 is 5.11 Å². The molecule has 4 nitrogen and oxygen atoms in total. The van der Waals surface area contributed by atoms with Crippen molar-refractivity contribution in [3.8, 4) is 23.7 Å². The Hall–Kier alpha value is -3.00. The lowest BCUT2D eigenvalue weighted by Gasteiger charge is -2.54. The molecule has 3 aliphatic heterocycles. The largest absolute Gasteiger partial charge is 0.382 e. The topological polar surface area (TPSA) is 49.2 Å². The fraction of sp³-hybridized carbons (Fsp3) is 0.308. The van der Waals surface area contributed by atoms with Crippen molar-refractivity contribution in [2.24, 2.45) is 5.92 Å². The van der Waals surface area contributed by atoms with Crippen molar-refractivity contribution in [2.75, 3.05) is 13.1 Å². The van der Waals surface area contributed by atoms with Gasteiger partial charge in [0.25, 0.3) is 0 Å². The van der Waals surface area contributed by atoms with Gasteiger partial charge in [0.2, 0.25) is 0 Å². The van der Waals surface area contributed by atoms with Crippen molar-refractivity contribution in [2.45, 2.75) is 30.9 Å². The molecule has 1 aromatic carbocycles. The Kier molecular flexibility index (Phi) is 4.86. The molecule has 1 N–H and O–H groups in total. The zero-order valence-corrected chi connectivity index (χ0v) is 16.9. The van der Waals surface area contributed by atoms with E-state index in [4.69, 9.17) is 11.4 Å². The summed E-state index contributed by atoms with van der Waals surface area (Å²) in [5.74, 6) is 3.05. The first-order valence-corrected chi connectivity index (χ1v) is 10.6. The smallest absolute Gasteiger partial charge is 0.121 e. The second kappa shape index (κ2) is 7.68. The third-order valence-electron chi connectivity index (χ3n) is 6.68. The number of aliphatic hydroxyl groups is 1. The summed E-state index contributed by atoms with van der Waals surface area (Å²) in [6, 6.07) is 17.9. The van der Waals surface area contributed by atoms with E-state index in [1.54, 1.807) is 6.20 Å². The van der Waals surface area contributed by atoms with E-state index >= 15 is 0 Å². The number of nitrogens with zero attached hydrogens (tertiary/aromatic N) is 3. The average Bonchev–Trinajstić information content (AvgIpc) is 2.81. The highest BCUT2D eigenvalue weighted by molar-refractivity contribution is 5.57. The van der Waals surface area contributed by atoms with E-state index in [1.165, 1.54) is 5.56 Å². The van der Waals surface area contributed by atoms with Crippen LogP contribution in [0.5, 0.6) is 0 Å². The summed E-state index contributed by atoms with van der Waals surface area (Å²) in [4.78, 5) is 11.4. The van der Waals surface area contributed by atoms with Crippen LogP contribution >= 0.6 is 0 Å². The zero-order chi connectivity index (χ0) is 20.6. The predicted octanol–water partition coefficient (Wildman–Crippen LogP) is 3.65. The van der Waals surface area contributed by atoms with Crippen LogP contribution < -0.4 is 0 Å². The molecule has 0 amide bonds. The van der Waals surface area contributed by atoms with E-state index in [1.807, 2.05) is 42.6 Å².